The van der Waals surface area contributed by atoms with E-state index >= 15 is 0 Å². The average molecular weight is 530 g/mol. The largest absolute Gasteiger partial charge is 0.445 e. The maximum Gasteiger partial charge on any atom is 0.410 e. The molecule has 9 nitrogen and oxygen atoms in total. The molecule has 0 radical (unpaired) electrons. The Bertz CT molecular complexity index is 1340. The lowest BCUT2D eigenvalue weighted by atomic mass is 9.97. The highest BCUT2D eigenvalue weighted by molar-refractivity contribution is 8.00. The zero-order valence-electron chi connectivity index (χ0n) is 20.6. The van der Waals surface area contributed by atoms with Gasteiger partial charge in [0.15, 0.2) is 0 Å². The van der Waals surface area contributed by atoms with Crippen LogP contribution in [0.4, 0.5) is 10.6 Å². The van der Waals surface area contributed by atoms with E-state index in [1.165, 1.54) is 0 Å². The highest BCUT2D eigenvalue weighted by Gasteiger charge is 2.30. The second-order valence-corrected chi connectivity index (χ2v) is 9.75. The summed E-state index contributed by atoms with van der Waals surface area (Å²) in [4.78, 5) is 43.2. The predicted octanol–water partition coefficient (Wildman–Crippen LogP) is 4.18. The molecule has 38 heavy (non-hydrogen) atoms. The van der Waals surface area contributed by atoms with Gasteiger partial charge in [0.05, 0.1) is 17.2 Å². The molecule has 194 valence electrons. The fourth-order valence-corrected chi connectivity index (χ4v) is 4.92. The van der Waals surface area contributed by atoms with Crippen molar-refractivity contribution in [3.63, 3.8) is 0 Å². The van der Waals surface area contributed by atoms with Crippen LogP contribution in [0.5, 0.6) is 0 Å². The Morgan fingerprint density at radius 3 is 2.53 bits per heavy atom. The molecule has 1 fully saturated rings. The molecule has 2 heterocycles. The number of nitrogens with two attached hydrogens (primary N) is 1. The highest BCUT2D eigenvalue weighted by atomic mass is 32.2. The van der Waals surface area contributed by atoms with Crippen LogP contribution in [0.25, 0.3) is 11.1 Å². The smallest absolute Gasteiger partial charge is 0.410 e. The maximum atomic E-state index is 13.2. The van der Waals surface area contributed by atoms with Crippen molar-refractivity contribution >= 4 is 35.5 Å². The number of rotatable bonds is 8. The SMILES string of the molecule is N#Cc1c(-c2ccccc2)cc(NC(=O)C2CCCN(C(=O)OCc3ccccc3)C2)nc1SCC(N)=O. The van der Waals surface area contributed by atoms with Crippen molar-refractivity contribution in [3.8, 4) is 17.2 Å². The van der Waals surface area contributed by atoms with Crippen LogP contribution in [-0.4, -0.2) is 46.6 Å². The number of ether oxygens (including phenoxy) is 1. The number of carbonyl (C=O) groups excluding carboxylic acids is 3. The molecule has 1 aliphatic heterocycles. The summed E-state index contributed by atoms with van der Waals surface area (Å²) in [5.41, 5.74) is 7.85. The summed E-state index contributed by atoms with van der Waals surface area (Å²) in [6, 6.07) is 22.5. The van der Waals surface area contributed by atoms with Gasteiger partial charge < -0.3 is 20.7 Å². The predicted molar refractivity (Wildman–Crippen MR) is 144 cm³/mol. The topological polar surface area (TPSA) is 138 Å². The third kappa shape index (κ3) is 6.89. The van der Waals surface area contributed by atoms with Crippen molar-refractivity contribution in [2.24, 2.45) is 11.7 Å². The quantitative estimate of drug-likeness (QED) is 0.417. The van der Waals surface area contributed by atoms with Gasteiger partial charge in [-0.2, -0.15) is 5.26 Å². The number of benzene rings is 2. The molecule has 3 N–H and O–H groups in total. The summed E-state index contributed by atoms with van der Waals surface area (Å²) in [5.74, 6) is -1.09. The number of carbonyl (C=O) groups is 3. The zero-order valence-corrected chi connectivity index (χ0v) is 21.4. The van der Waals surface area contributed by atoms with Gasteiger partial charge in [0.25, 0.3) is 0 Å². The molecule has 3 aromatic rings. The van der Waals surface area contributed by atoms with Crippen molar-refractivity contribution in [2.75, 3.05) is 24.2 Å². The zero-order chi connectivity index (χ0) is 26.9. The second-order valence-electron chi connectivity index (χ2n) is 8.78. The van der Waals surface area contributed by atoms with Crippen molar-refractivity contribution < 1.29 is 19.1 Å². The fraction of sp³-hybridized carbons (Fsp3) is 0.250. The number of hydrogen-bond acceptors (Lipinski definition) is 7. The number of likely N-dealkylation sites (tertiary alicyclic amines) is 1. The molecule has 0 spiro atoms. The van der Waals surface area contributed by atoms with Crippen molar-refractivity contribution in [1.82, 2.24) is 9.88 Å². The van der Waals surface area contributed by atoms with E-state index in [1.54, 1.807) is 11.0 Å². The Labute approximate surface area is 225 Å². The van der Waals surface area contributed by atoms with E-state index in [2.05, 4.69) is 16.4 Å². The van der Waals surface area contributed by atoms with Crippen LogP contribution < -0.4 is 11.1 Å². The Balaban J connectivity index is 1.49. The number of aromatic nitrogens is 1. The number of nitrogens with one attached hydrogen (secondary N) is 1. The van der Waals surface area contributed by atoms with Gasteiger partial charge in [-0.05, 0) is 30.0 Å². The molecule has 4 rings (SSSR count). The minimum absolute atomic E-state index is 0.0595. The molecule has 2 aromatic carbocycles. The van der Waals surface area contributed by atoms with Gasteiger partial charge in [0.1, 0.15) is 23.5 Å². The summed E-state index contributed by atoms with van der Waals surface area (Å²) < 4.78 is 5.44. The lowest BCUT2D eigenvalue weighted by Gasteiger charge is -2.31. The third-order valence-corrected chi connectivity index (χ3v) is 7.04. The van der Waals surface area contributed by atoms with Crippen LogP contribution in [0.2, 0.25) is 0 Å². The summed E-state index contributed by atoms with van der Waals surface area (Å²) in [6.45, 7) is 0.902. The molecular weight excluding hydrogens is 502 g/mol. The first-order valence-electron chi connectivity index (χ1n) is 12.1. The first-order valence-corrected chi connectivity index (χ1v) is 13.1. The number of anilines is 1. The lowest BCUT2D eigenvalue weighted by Crippen LogP contribution is -2.44. The monoisotopic (exact) mass is 529 g/mol. The summed E-state index contributed by atoms with van der Waals surface area (Å²) in [5, 5.41) is 13.0. The number of hydrogen-bond donors (Lipinski definition) is 2. The van der Waals surface area contributed by atoms with Crippen LogP contribution in [0.1, 0.15) is 24.0 Å². The fourth-order valence-electron chi connectivity index (χ4n) is 4.18. The van der Waals surface area contributed by atoms with Crippen LogP contribution in [0.15, 0.2) is 71.8 Å². The molecular formula is C28H27N5O4S. The first kappa shape index (κ1) is 26.7. The van der Waals surface area contributed by atoms with E-state index in [4.69, 9.17) is 10.5 Å². The molecule has 0 aliphatic carbocycles. The summed E-state index contributed by atoms with van der Waals surface area (Å²) in [7, 11) is 0. The van der Waals surface area contributed by atoms with E-state index in [1.807, 2.05) is 60.7 Å². The Hall–Kier alpha value is -4.36. The number of thioether (sulfide) groups is 1. The third-order valence-electron chi connectivity index (χ3n) is 6.04. The number of nitriles is 1. The van der Waals surface area contributed by atoms with Gasteiger partial charge in [-0.3, -0.25) is 9.59 Å². The molecule has 0 bridgehead atoms. The van der Waals surface area contributed by atoms with Gasteiger partial charge in [-0.1, -0.05) is 72.4 Å². The van der Waals surface area contributed by atoms with Crippen molar-refractivity contribution in [1.29, 1.82) is 5.26 Å². The minimum atomic E-state index is -0.544. The van der Waals surface area contributed by atoms with Crippen LogP contribution >= 0.6 is 11.8 Å². The normalized spacial score (nSPS) is 14.8. The number of pyridine rings is 1. The van der Waals surface area contributed by atoms with Gasteiger partial charge in [0.2, 0.25) is 11.8 Å². The average Bonchev–Trinajstić information content (AvgIpc) is 2.95. The summed E-state index contributed by atoms with van der Waals surface area (Å²) >= 11 is 1.04. The Morgan fingerprint density at radius 2 is 1.84 bits per heavy atom. The van der Waals surface area contributed by atoms with Crippen LogP contribution in [-0.2, 0) is 20.9 Å². The van der Waals surface area contributed by atoms with E-state index in [0.717, 1.165) is 22.9 Å². The minimum Gasteiger partial charge on any atom is -0.445 e. The maximum absolute atomic E-state index is 13.2. The molecule has 1 aromatic heterocycles. The van der Waals surface area contributed by atoms with Gasteiger partial charge in [-0.25, -0.2) is 9.78 Å². The molecule has 1 aliphatic rings. The van der Waals surface area contributed by atoms with E-state index < -0.39 is 17.9 Å². The second kappa shape index (κ2) is 12.7. The van der Waals surface area contributed by atoms with Crippen molar-refractivity contribution in [2.45, 2.75) is 24.5 Å². The Kier molecular flexibility index (Phi) is 8.95. The lowest BCUT2D eigenvalue weighted by molar-refractivity contribution is -0.121. The van der Waals surface area contributed by atoms with E-state index in [-0.39, 0.29) is 30.6 Å². The van der Waals surface area contributed by atoms with Gasteiger partial charge in [0, 0.05) is 18.7 Å². The number of amides is 3. The first-order chi connectivity index (χ1) is 18.4. The molecule has 1 saturated heterocycles. The standard InChI is InChI=1S/C28H27N5O4S/c29-15-23-22(20-10-5-2-6-11-20)14-25(32-27(23)38-18-24(30)34)31-26(35)21-12-7-13-33(16-21)28(36)37-17-19-8-3-1-4-9-19/h1-6,8-11,14,21H,7,12-13,16-18H2,(H2,30,34)(H,31,32,35). The van der Waals surface area contributed by atoms with Crippen molar-refractivity contribution in [3.05, 3.63) is 77.9 Å². The number of piperidine rings is 1. The Morgan fingerprint density at radius 1 is 1.13 bits per heavy atom. The molecule has 1 atom stereocenters. The summed E-state index contributed by atoms with van der Waals surface area (Å²) in [6.07, 6.45) is 0.813. The molecule has 0 saturated carbocycles. The highest BCUT2D eigenvalue weighted by Crippen LogP contribution is 2.33. The van der Waals surface area contributed by atoms with Gasteiger partial charge in [-0.15, -0.1) is 0 Å². The van der Waals surface area contributed by atoms with Crippen LogP contribution in [0.3, 0.4) is 0 Å². The number of nitrogens with zero attached hydrogens (tertiary/aromatic N) is 3. The molecule has 3 amide bonds. The number of primary amides is 1. The molecule has 1 unspecified atom stereocenters. The van der Waals surface area contributed by atoms with Crippen LogP contribution in [0, 0.1) is 17.2 Å². The van der Waals surface area contributed by atoms with E-state index in [9.17, 15) is 19.6 Å². The molecule has 10 heteroatoms. The van der Waals surface area contributed by atoms with E-state index in [0.29, 0.717) is 35.5 Å². The van der Waals surface area contributed by atoms with Gasteiger partial charge >= 0.3 is 6.09 Å².